The minimum atomic E-state index is -0.243. The Hall–Kier alpha value is -3.06. The molecule has 7 heteroatoms. The molecule has 4 rings (SSSR count). The maximum Gasteiger partial charge on any atom is 0.262 e. The largest absolute Gasteiger partial charge is 0.484 e. The Kier molecular flexibility index (Phi) is 5.16. The summed E-state index contributed by atoms with van der Waals surface area (Å²) < 4.78 is 5.47. The van der Waals surface area contributed by atoms with E-state index in [1.54, 1.807) is 36.0 Å². The van der Waals surface area contributed by atoms with Crippen molar-refractivity contribution < 1.29 is 14.3 Å². The van der Waals surface area contributed by atoms with Crippen LogP contribution in [0.25, 0.3) is 5.70 Å². The zero-order chi connectivity index (χ0) is 19.5. The van der Waals surface area contributed by atoms with Gasteiger partial charge in [-0.25, -0.2) is 0 Å². The fourth-order valence-electron chi connectivity index (χ4n) is 3.00. The predicted octanol–water partition coefficient (Wildman–Crippen LogP) is 3.62. The average Bonchev–Trinajstić information content (AvgIpc) is 3.31. The standard InChI is InChI=1S/C21H19N3O3S/c1-14(25)15-4-8-18(9-5-15)27-12-20(26)23-17-6-2-16(3-7-17)19-13-28-21-22-10-11-24(19)21/h2-9,13H,10-12H2,1H3,(H,23,26). The number of benzene rings is 2. The third-order valence-corrected chi connectivity index (χ3v) is 5.36. The summed E-state index contributed by atoms with van der Waals surface area (Å²) >= 11 is 1.65. The van der Waals surface area contributed by atoms with Crippen molar-refractivity contribution in [1.82, 2.24) is 4.90 Å². The fourth-order valence-corrected chi connectivity index (χ4v) is 3.97. The molecule has 2 aromatic carbocycles. The van der Waals surface area contributed by atoms with E-state index in [9.17, 15) is 9.59 Å². The van der Waals surface area contributed by atoms with E-state index in [4.69, 9.17) is 4.74 Å². The van der Waals surface area contributed by atoms with E-state index >= 15 is 0 Å². The molecule has 0 saturated carbocycles. The molecule has 2 aliphatic rings. The molecule has 0 aromatic heterocycles. The Morgan fingerprint density at radius 3 is 2.61 bits per heavy atom. The zero-order valence-electron chi connectivity index (χ0n) is 15.3. The summed E-state index contributed by atoms with van der Waals surface area (Å²) in [5.74, 6) is 0.296. The van der Waals surface area contributed by atoms with E-state index in [-0.39, 0.29) is 18.3 Å². The van der Waals surface area contributed by atoms with Crippen molar-refractivity contribution in [3.05, 3.63) is 65.1 Å². The number of aliphatic imine (C=N–C) groups is 1. The van der Waals surface area contributed by atoms with E-state index < -0.39 is 0 Å². The van der Waals surface area contributed by atoms with Gasteiger partial charge in [0.05, 0.1) is 12.2 Å². The number of carbonyl (C=O) groups is 2. The molecule has 0 saturated heterocycles. The number of nitrogens with one attached hydrogen (secondary N) is 1. The highest BCUT2D eigenvalue weighted by Gasteiger charge is 2.26. The number of ketones is 1. The van der Waals surface area contributed by atoms with Crippen LogP contribution >= 0.6 is 11.8 Å². The van der Waals surface area contributed by atoms with Gasteiger partial charge in [-0.05, 0) is 48.9 Å². The summed E-state index contributed by atoms with van der Waals surface area (Å²) in [6.07, 6.45) is 0. The van der Waals surface area contributed by atoms with Gasteiger partial charge in [0.2, 0.25) is 0 Å². The molecule has 0 fully saturated rings. The summed E-state index contributed by atoms with van der Waals surface area (Å²) in [7, 11) is 0. The van der Waals surface area contributed by atoms with Crippen molar-refractivity contribution in [2.45, 2.75) is 6.92 Å². The highest BCUT2D eigenvalue weighted by atomic mass is 32.2. The molecule has 1 N–H and O–H groups in total. The second-order valence-corrected chi connectivity index (χ2v) is 7.27. The number of rotatable bonds is 6. The normalized spacial score (nSPS) is 15.0. The lowest BCUT2D eigenvalue weighted by Gasteiger charge is -2.17. The third-order valence-electron chi connectivity index (χ3n) is 4.46. The van der Waals surface area contributed by atoms with Gasteiger partial charge < -0.3 is 15.0 Å². The molecule has 0 bridgehead atoms. The van der Waals surface area contributed by atoms with Crippen LogP contribution in [-0.2, 0) is 4.79 Å². The molecule has 0 radical (unpaired) electrons. The number of ether oxygens (including phenoxy) is 1. The van der Waals surface area contributed by atoms with Crippen LogP contribution in [0.2, 0.25) is 0 Å². The predicted molar refractivity (Wildman–Crippen MR) is 112 cm³/mol. The summed E-state index contributed by atoms with van der Waals surface area (Å²) in [6, 6.07) is 14.5. The van der Waals surface area contributed by atoms with Crippen molar-refractivity contribution in [3.8, 4) is 5.75 Å². The van der Waals surface area contributed by atoms with Gasteiger partial charge in [0.15, 0.2) is 17.6 Å². The number of amides is 1. The Morgan fingerprint density at radius 2 is 1.89 bits per heavy atom. The van der Waals surface area contributed by atoms with E-state index in [2.05, 4.69) is 20.6 Å². The van der Waals surface area contributed by atoms with E-state index in [1.165, 1.54) is 6.92 Å². The Balaban J connectivity index is 1.31. The number of hydrogen-bond acceptors (Lipinski definition) is 6. The summed E-state index contributed by atoms with van der Waals surface area (Å²) in [6.45, 7) is 3.16. The number of Topliss-reactive ketones (excluding diaryl/α,β-unsaturated/α-hetero) is 1. The van der Waals surface area contributed by atoms with Crippen LogP contribution in [0.3, 0.4) is 0 Å². The Morgan fingerprint density at radius 1 is 1.14 bits per heavy atom. The Bertz CT molecular complexity index is 965. The van der Waals surface area contributed by atoms with Crippen LogP contribution in [-0.4, -0.2) is 41.5 Å². The molecule has 142 valence electrons. The first-order chi connectivity index (χ1) is 13.6. The van der Waals surface area contributed by atoms with E-state index in [0.29, 0.717) is 17.0 Å². The van der Waals surface area contributed by atoms with Crippen molar-refractivity contribution in [3.63, 3.8) is 0 Å². The smallest absolute Gasteiger partial charge is 0.262 e. The minimum Gasteiger partial charge on any atom is -0.484 e. The number of hydrogen-bond donors (Lipinski definition) is 1. The van der Waals surface area contributed by atoms with Crippen molar-refractivity contribution >= 4 is 40.0 Å². The molecular weight excluding hydrogens is 374 g/mol. The van der Waals surface area contributed by atoms with Gasteiger partial charge in [-0.2, -0.15) is 0 Å². The molecule has 0 spiro atoms. The molecule has 0 unspecified atom stereocenters. The SMILES string of the molecule is CC(=O)c1ccc(OCC(=O)Nc2ccc(C3=CSC4=NCCN34)cc2)cc1. The van der Waals surface area contributed by atoms with Crippen molar-refractivity contribution in [2.75, 3.05) is 25.0 Å². The molecule has 1 amide bonds. The van der Waals surface area contributed by atoms with Crippen LogP contribution in [0.4, 0.5) is 5.69 Å². The number of amidine groups is 1. The van der Waals surface area contributed by atoms with Gasteiger partial charge in [-0.1, -0.05) is 23.9 Å². The van der Waals surface area contributed by atoms with Gasteiger partial charge in [0.1, 0.15) is 5.75 Å². The lowest BCUT2D eigenvalue weighted by atomic mass is 10.1. The molecule has 0 atom stereocenters. The highest BCUT2D eigenvalue weighted by molar-refractivity contribution is 8.16. The number of anilines is 1. The van der Waals surface area contributed by atoms with Crippen LogP contribution in [0.5, 0.6) is 5.75 Å². The van der Waals surface area contributed by atoms with Gasteiger partial charge >= 0.3 is 0 Å². The fraction of sp³-hybridized carbons (Fsp3) is 0.190. The van der Waals surface area contributed by atoms with Crippen LogP contribution in [0.1, 0.15) is 22.8 Å². The first-order valence-electron chi connectivity index (χ1n) is 8.93. The monoisotopic (exact) mass is 393 g/mol. The quantitative estimate of drug-likeness (QED) is 0.759. The lowest BCUT2D eigenvalue weighted by Crippen LogP contribution is -2.21. The topological polar surface area (TPSA) is 71.0 Å². The number of fused-ring (bicyclic) bond motifs is 1. The maximum absolute atomic E-state index is 12.1. The number of carbonyl (C=O) groups excluding carboxylic acids is 2. The number of thioether (sulfide) groups is 1. The van der Waals surface area contributed by atoms with Crippen LogP contribution in [0.15, 0.2) is 58.9 Å². The Labute approximate surface area is 167 Å². The van der Waals surface area contributed by atoms with Crippen molar-refractivity contribution in [2.24, 2.45) is 4.99 Å². The second-order valence-electron chi connectivity index (χ2n) is 6.43. The van der Waals surface area contributed by atoms with Gasteiger partial charge in [-0.3, -0.25) is 14.6 Å². The lowest BCUT2D eigenvalue weighted by molar-refractivity contribution is -0.118. The van der Waals surface area contributed by atoms with Gasteiger partial charge in [0, 0.05) is 23.2 Å². The molecular formula is C21H19N3O3S. The summed E-state index contributed by atoms with van der Waals surface area (Å²) in [5.41, 5.74) is 3.57. The molecule has 6 nitrogen and oxygen atoms in total. The third kappa shape index (κ3) is 3.94. The van der Waals surface area contributed by atoms with Gasteiger partial charge in [0.25, 0.3) is 5.91 Å². The minimum absolute atomic E-state index is 0.00654. The number of nitrogens with zero attached hydrogens (tertiary/aromatic N) is 2. The summed E-state index contributed by atoms with van der Waals surface area (Å²) in [4.78, 5) is 30.1. The highest BCUT2D eigenvalue weighted by Crippen LogP contribution is 2.35. The molecule has 2 aromatic rings. The zero-order valence-corrected chi connectivity index (χ0v) is 16.2. The van der Waals surface area contributed by atoms with E-state index in [0.717, 1.165) is 29.5 Å². The molecule has 28 heavy (non-hydrogen) atoms. The molecule has 2 heterocycles. The molecule has 2 aliphatic heterocycles. The molecule has 0 aliphatic carbocycles. The second kappa shape index (κ2) is 7.90. The van der Waals surface area contributed by atoms with Crippen molar-refractivity contribution in [1.29, 1.82) is 0 Å². The average molecular weight is 393 g/mol. The van der Waals surface area contributed by atoms with E-state index in [1.807, 2.05) is 24.3 Å². The van der Waals surface area contributed by atoms with Crippen LogP contribution in [0, 0.1) is 0 Å². The first kappa shape index (κ1) is 18.3. The maximum atomic E-state index is 12.1. The van der Waals surface area contributed by atoms with Crippen LogP contribution < -0.4 is 10.1 Å². The first-order valence-corrected chi connectivity index (χ1v) is 9.81. The summed E-state index contributed by atoms with van der Waals surface area (Å²) in [5, 5.41) is 5.99. The van der Waals surface area contributed by atoms with Gasteiger partial charge in [-0.15, -0.1) is 0 Å².